The zero-order chi connectivity index (χ0) is 14.2. The van der Waals surface area contributed by atoms with E-state index in [-0.39, 0.29) is 0 Å². The van der Waals surface area contributed by atoms with Crippen molar-refractivity contribution in [2.75, 3.05) is 6.61 Å². The minimum absolute atomic E-state index is 0.477. The van der Waals surface area contributed by atoms with Gasteiger partial charge in [-0.1, -0.05) is 19.1 Å². The lowest BCUT2D eigenvalue weighted by molar-refractivity contribution is 0.317. The van der Waals surface area contributed by atoms with Crippen LogP contribution in [0.1, 0.15) is 31.4 Å². The molecule has 1 aromatic heterocycles. The van der Waals surface area contributed by atoms with Gasteiger partial charge in [0, 0.05) is 12.6 Å². The molecular weight excluding hydrogens is 266 g/mol. The highest BCUT2D eigenvalue weighted by molar-refractivity contribution is 7.07. The molecule has 0 fully saturated rings. The van der Waals surface area contributed by atoms with Gasteiger partial charge in [-0.05, 0) is 59.9 Å². The first-order valence-electron chi connectivity index (χ1n) is 7.24. The fourth-order valence-corrected chi connectivity index (χ4v) is 2.77. The van der Waals surface area contributed by atoms with Gasteiger partial charge in [-0.15, -0.1) is 0 Å². The molecule has 0 aliphatic carbocycles. The van der Waals surface area contributed by atoms with Crippen LogP contribution in [-0.2, 0) is 13.0 Å². The van der Waals surface area contributed by atoms with Crippen LogP contribution in [-0.4, -0.2) is 12.6 Å². The molecule has 0 bridgehead atoms. The Bertz CT molecular complexity index is 495. The van der Waals surface area contributed by atoms with Crippen LogP contribution in [0.15, 0.2) is 41.1 Å². The molecule has 2 rings (SSSR count). The lowest BCUT2D eigenvalue weighted by atomic mass is 10.1. The van der Waals surface area contributed by atoms with Crippen molar-refractivity contribution in [3.8, 4) is 5.75 Å². The highest BCUT2D eigenvalue weighted by Crippen LogP contribution is 2.14. The molecule has 20 heavy (non-hydrogen) atoms. The molecule has 0 spiro atoms. The van der Waals surface area contributed by atoms with E-state index in [1.807, 2.05) is 6.07 Å². The molecule has 0 amide bonds. The summed E-state index contributed by atoms with van der Waals surface area (Å²) in [5.74, 6) is 0.969. The van der Waals surface area contributed by atoms with Crippen molar-refractivity contribution < 1.29 is 4.74 Å². The number of rotatable bonds is 8. The molecule has 2 nitrogen and oxygen atoms in total. The molecule has 2 aromatic rings. The standard InChI is InChI=1S/C17H23NOS/c1-3-8-19-17-6-4-5-15(11-17)12-18-14(2)10-16-7-9-20-13-16/h4-7,9,11,13-14,18H,3,8,10,12H2,1-2H3. The number of ether oxygens (including phenoxy) is 1. The fourth-order valence-electron chi connectivity index (χ4n) is 2.09. The number of thiophene rings is 1. The molecule has 0 radical (unpaired) electrons. The molecule has 1 atom stereocenters. The molecule has 108 valence electrons. The van der Waals surface area contributed by atoms with Crippen LogP contribution < -0.4 is 10.1 Å². The average Bonchev–Trinajstić information content (AvgIpc) is 2.96. The van der Waals surface area contributed by atoms with Crippen LogP contribution in [0.5, 0.6) is 5.75 Å². The van der Waals surface area contributed by atoms with E-state index in [0.717, 1.165) is 31.7 Å². The molecule has 0 aliphatic rings. The maximum absolute atomic E-state index is 5.66. The third-order valence-electron chi connectivity index (χ3n) is 3.15. The van der Waals surface area contributed by atoms with Crippen LogP contribution in [0.25, 0.3) is 0 Å². The Balaban J connectivity index is 1.80. The SMILES string of the molecule is CCCOc1cccc(CNC(C)Cc2ccsc2)c1. The number of benzene rings is 1. The van der Waals surface area contributed by atoms with Gasteiger partial charge in [-0.25, -0.2) is 0 Å². The minimum Gasteiger partial charge on any atom is -0.494 e. The highest BCUT2D eigenvalue weighted by atomic mass is 32.1. The molecule has 1 unspecified atom stereocenters. The third kappa shape index (κ3) is 4.99. The van der Waals surface area contributed by atoms with Gasteiger partial charge in [0.2, 0.25) is 0 Å². The number of hydrogen-bond donors (Lipinski definition) is 1. The molecule has 0 saturated heterocycles. The summed E-state index contributed by atoms with van der Waals surface area (Å²) in [6.07, 6.45) is 2.12. The van der Waals surface area contributed by atoms with E-state index in [0.29, 0.717) is 6.04 Å². The fraction of sp³-hybridized carbons (Fsp3) is 0.412. The minimum atomic E-state index is 0.477. The molecule has 1 N–H and O–H groups in total. The zero-order valence-electron chi connectivity index (χ0n) is 12.3. The summed E-state index contributed by atoms with van der Waals surface area (Å²) >= 11 is 1.76. The van der Waals surface area contributed by atoms with Gasteiger partial charge in [-0.3, -0.25) is 0 Å². The second-order valence-electron chi connectivity index (χ2n) is 5.11. The Morgan fingerprint density at radius 1 is 1.25 bits per heavy atom. The van der Waals surface area contributed by atoms with E-state index in [4.69, 9.17) is 4.74 Å². The summed E-state index contributed by atoms with van der Waals surface area (Å²) in [5.41, 5.74) is 2.69. The summed E-state index contributed by atoms with van der Waals surface area (Å²) in [5, 5.41) is 7.92. The van der Waals surface area contributed by atoms with Crippen LogP contribution >= 0.6 is 11.3 Å². The Kier molecular flexibility index (Phi) is 6.09. The van der Waals surface area contributed by atoms with E-state index >= 15 is 0 Å². The van der Waals surface area contributed by atoms with E-state index in [9.17, 15) is 0 Å². The zero-order valence-corrected chi connectivity index (χ0v) is 13.1. The predicted molar refractivity (Wildman–Crippen MR) is 86.6 cm³/mol. The predicted octanol–water partition coefficient (Wildman–Crippen LogP) is 4.26. The van der Waals surface area contributed by atoms with Crippen molar-refractivity contribution in [3.63, 3.8) is 0 Å². The van der Waals surface area contributed by atoms with Crippen molar-refractivity contribution >= 4 is 11.3 Å². The first-order valence-corrected chi connectivity index (χ1v) is 8.18. The lowest BCUT2D eigenvalue weighted by Crippen LogP contribution is -2.27. The summed E-state index contributed by atoms with van der Waals surface area (Å²) in [4.78, 5) is 0. The third-order valence-corrected chi connectivity index (χ3v) is 3.88. The summed E-state index contributed by atoms with van der Waals surface area (Å²) in [7, 11) is 0. The van der Waals surface area contributed by atoms with Gasteiger partial charge in [0.15, 0.2) is 0 Å². The van der Waals surface area contributed by atoms with Gasteiger partial charge in [0.25, 0.3) is 0 Å². The summed E-state index contributed by atoms with van der Waals surface area (Å²) in [6.45, 7) is 6.02. The summed E-state index contributed by atoms with van der Waals surface area (Å²) < 4.78 is 5.66. The largest absolute Gasteiger partial charge is 0.494 e. The summed E-state index contributed by atoms with van der Waals surface area (Å²) in [6, 6.07) is 11.0. The van der Waals surface area contributed by atoms with E-state index < -0.39 is 0 Å². The molecular formula is C17H23NOS. The number of nitrogens with one attached hydrogen (secondary N) is 1. The normalized spacial score (nSPS) is 12.3. The van der Waals surface area contributed by atoms with E-state index in [1.165, 1.54) is 11.1 Å². The Hall–Kier alpha value is -1.32. The second-order valence-corrected chi connectivity index (χ2v) is 5.89. The quantitative estimate of drug-likeness (QED) is 0.784. The lowest BCUT2D eigenvalue weighted by Gasteiger charge is -2.14. The first-order chi connectivity index (χ1) is 9.78. The molecule has 1 heterocycles. The number of hydrogen-bond acceptors (Lipinski definition) is 3. The van der Waals surface area contributed by atoms with E-state index in [2.05, 4.69) is 54.2 Å². The van der Waals surface area contributed by atoms with Crippen molar-refractivity contribution in [3.05, 3.63) is 52.2 Å². The van der Waals surface area contributed by atoms with Crippen LogP contribution in [0.4, 0.5) is 0 Å². The van der Waals surface area contributed by atoms with Gasteiger partial charge < -0.3 is 10.1 Å². The Labute approximate surface area is 125 Å². The second kappa shape index (κ2) is 8.08. The van der Waals surface area contributed by atoms with Crippen molar-refractivity contribution in [2.24, 2.45) is 0 Å². The molecule has 3 heteroatoms. The van der Waals surface area contributed by atoms with Crippen LogP contribution in [0, 0.1) is 0 Å². The maximum atomic E-state index is 5.66. The van der Waals surface area contributed by atoms with Gasteiger partial charge >= 0.3 is 0 Å². The Morgan fingerprint density at radius 3 is 2.90 bits per heavy atom. The topological polar surface area (TPSA) is 21.3 Å². The van der Waals surface area contributed by atoms with Gasteiger partial charge in [-0.2, -0.15) is 11.3 Å². The van der Waals surface area contributed by atoms with E-state index in [1.54, 1.807) is 11.3 Å². The first kappa shape index (κ1) is 15.1. The van der Waals surface area contributed by atoms with Gasteiger partial charge in [0.1, 0.15) is 5.75 Å². The molecule has 1 aromatic carbocycles. The van der Waals surface area contributed by atoms with Gasteiger partial charge in [0.05, 0.1) is 6.61 Å². The monoisotopic (exact) mass is 289 g/mol. The van der Waals surface area contributed by atoms with Crippen molar-refractivity contribution in [1.29, 1.82) is 0 Å². The smallest absolute Gasteiger partial charge is 0.119 e. The highest BCUT2D eigenvalue weighted by Gasteiger charge is 2.04. The Morgan fingerprint density at radius 2 is 2.15 bits per heavy atom. The molecule has 0 saturated carbocycles. The molecule has 0 aliphatic heterocycles. The van der Waals surface area contributed by atoms with Crippen LogP contribution in [0.3, 0.4) is 0 Å². The average molecular weight is 289 g/mol. The van der Waals surface area contributed by atoms with Crippen molar-refractivity contribution in [1.82, 2.24) is 5.32 Å². The maximum Gasteiger partial charge on any atom is 0.119 e. The van der Waals surface area contributed by atoms with Crippen molar-refractivity contribution in [2.45, 2.75) is 39.3 Å². The van der Waals surface area contributed by atoms with Crippen LogP contribution in [0.2, 0.25) is 0 Å².